The van der Waals surface area contributed by atoms with Crippen LogP contribution in [-0.2, 0) is 52.3 Å². The lowest BCUT2D eigenvalue weighted by Gasteiger charge is -2.45. The van der Waals surface area contributed by atoms with Gasteiger partial charge in [-0.05, 0) is 107 Å². The van der Waals surface area contributed by atoms with Crippen molar-refractivity contribution in [3.05, 3.63) is 47.6 Å². The first-order chi connectivity index (χ1) is 33.1. The molecule has 16 atom stereocenters. The van der Waals surface area contributed by atoms with E-state index in [1.165, 1.54) is 14.2 Å². The highest BCUT2D eigenvalue weighted by Crippen LogP contribution is 2.39. The predicted molar refractivity (Wildman–Crippen MR) is 266 cm³/mol. The summed E-state index contributed by atoms with van der Waals surface area (Å²) in [6.45, 7) is 15.5. The molecule has 1 saturated carbocycles. The van der Waals surface area contributed by atoms with Crippen molar-refractivity contribution in [1.82, 2.24) is 4.90 Å². The third-order valence-corrected chi connectivity index (χ3v) is 15.7. The number of aliphatic hydroxyl groups excluding tert-OH is 2. The Morgan fingerprint density at radius 3 is 2.24 bits per heavy atom. The highest BCUT2D eigenvalue weighted by Gasteiger charge is 2.53. The van der Waals surface area contributed by atoms with Crippen molar-refractivity contribution < 1.29 is 67.7 Å². The Kier molecular flexibility index (Phi) is 23.8. The molecule has 4 rings (SSSR count). The monoisotopic (exact) mass is 988 g/mol. The van der Waals surface area contributed by atoms with E-state index in [2.05, 4.69) is 0 Å². The number of methoxy groups -OCH3 is 4. The van der Waals surface area contributed by atoms with Crippen molar-refractivity contribution in [3.63, 3.8) is 0 Å². The minimum absolute atomic E-state index is 0.00341. The van der Waals surface area contributed by atoms with E-state index in [1.54, 1.807) is 52.9 Å². The average Bonchev–Trinajstić information content (AvgIpc) is 3.34. The first-order valence-electron chi connectivity index (χ1n) is 25.9. The molecule has 3 aliphatic heterocycles. The second kappa shape index (κ2) is 27.9. The molecule has 2 unspecified atom stereocenters. The second-order valence-electron chi connectivity index (χ2n) is 21.2. The Bertz CT molecular complexity index is 1830. The van der Waals surface area contributed by atoms with Gasteiger partial charge in [-0.3, -0.25) is 24.1 Å². The number of cyclic esters (lactones) is 1. The molecule has 2 bridgehead atoms. The first-order valence-corrected chi connectivity index (χ1v) is 25.9. The maximum atomic E-state index is 14.8. The Morgan fingerprint density at radius 1 is 0.843 bits per heavy atom. The molecule has 0 radical (unpaired) electrons. The molecule has 0 spiro atoms. The maximum Gasteiger partial charge on any atom is 0.323 e. The Morgan fingerprint density at radius 2 is 1.57 bits per heavy atom. The van der Waals surface area contributed by atoms with E-state index in [0.717, 1.165) is 12.0 Å². The molecular formula is C55H89NO14. The zero-order chi connectivity index (χ0) is 51.9. The lowest BCUT2D eigenvalue weighted by Crippen LogP contribution is -2.63. The molecule has 0 aromatic carbocycles. The number of hydrogen-bond donors (Lipinski definition) is 3. The number of ether oxygens (including phenoxy) is 7. The fraction of sp³-hybridized carbons (Fsp3) is 0.782. The Labute approximate surface area is 418 Å². The number of ketones is 3. The minimum atomic E-state index is -2.23. The summed E-state index contributed by atoms with van der Waals surface area (Å²) in [7, 11) is 5.97. The summed E-state index contributed by atoms with van der Waals surface area (Å²) in [5.74, 6) is -5.98. The zero-order valence-corrected chi connectivity index (χ0v) is 44.4. The van der Waals surface area contributed by atoms with Crippen LogP contribution in [0.25, 0.3) is 0 Å². The van der Waals surface area contributed by atoms with E-state index in [4.69, 9.17) is 33.2 Å². The average molecular weight is 988 g/mol. The molecule has 15 nitrogen and oxygen atoms in total. The van der Waals surface area contributed by atoms with E-state index in [1.807, 2.05) is 58.1 Å². The van der Waals surface area contributed by atoms with Gasteiger partial charge >= 0.3 is 5.97 Å². The van der Waals surface area contributed by atoms with Crippen molar-refractivity contribution >= 4 is 23.3 Å². The normalized spacial score (nSPS) is 40.3. The van der Waals surface area contributed by atoms with Crippen molar-refractivity contribution in [1.29, 1.82) is 0 Å². The fourth-order valence-corrected chi connectivity index (χ4v) is 11.0. The number of esters is 1. The number of carbonyl (C=O) groups excluding carboxylic acids is 4. The van der Waals surface area contributed by atoms with Gasteiger partial charge in [0, 0.05) is 65.6 Å². The van der Waals surface area contributed by atoms with E-state index in [-0.39, 0.29) is 41.8 Å². The number of Topliss-reactive ketones (excluding diaryl/α,β-unsaturated/α-hetero) is 3. The van der Waals surface area contributed by atoms with Crippen LogP contribution in [0, 0.1) is 35.5 Å². The fourth-order valence-electron chi connectivity index (χ4n) is 11.0. The number of nitrogens with zero attached hydrogens (tertiary/aromatic N) is 1. The highest BCUT2D eigenvalue weighted by atomic mass is 16.6. The van der Waals surface area contributed by atoms with Crippen LogP contribution in [0.2, 0.25) is 0 Å². The van der Waals surface area contributed by atoms with Crippen LogP contribution in [0.15, 0.2) is 47.6 Å². The van der Waals surface area contributed by atoms with Gasteiger partial charge in [0.15, 0.2) is 17.6 Å². The summed E-state index contributed by atoms with van der Waals surface area (Å²) < 4.78 is 41.8. The first kappa shape index (κ1) is 59.6. The van der Waals surface area contributed by atoms with Gasteiger partial charge in [0.2, 0.25) is 11.6 Å². The molecule has 3 fully saturated rings. The van der Waals surface area contributed by atoms with Gasteiger partial charge in [-0.2, -0.15) is 0 Å². The van der Waals surface area contributed by atoms with Crippen molar-refractivity contribution in [2.75, 3.05) is 48.2 Å². The Balaban J connectivity index is 1.76. The van der Waals surface area contributed by atoms with Gasteiger partial charge in [-0.15, -0.1) is 0 Å². The third-order valence-electron chi connectivity index (χ3n) is 15.7. The molecule has 3 heterocycles. The summed E-state index contributed by atoms with van der Waals surface area (Å²) in [4.78, 5) is 59.5. The SMILES string of the molecule is COCCO[C@H]1C[C@@H]2CC[C@@H](C)[C@@](O)(O2)C(=O)C(OC)N2CCCCC2C(=O)O[C@H]([C@H](C)C[C@@H]2CC[C@@H](O)[C@H](OC)C2)CC(=O)[C@H](C)/C=C(\C)[C@@H](O)[C@](C)(OC)C(=O)[C@H](C)C[C@H](C)C=C/C=C/C=C/1C. The summed E-state index contributed by atoms with van der Waals surface area (Å²) in [6, 6.07) is -0.928. The lowest BCUT2D eigenvalue weighted by atomic mass is 9.78. The van der Waals surface area contributed by atoms with E-state index in [0.29, 0.717) is 89.5 Å². The van der Waals surface area contributed by atoms with Crippen LogP contribution >= 0.6 is 0 Å². The highest BCUT2D eigenvalue weighted by molar-refractivity contribution is 5.91. The standard InChI is InChI=1S/C55H89NO14/c1-34-18-14-13-15-19-35(2)46(68-27-26-64-9)32-42-23-21-40(7)55(63,70-42)51(61)52(66-11)56-25-17-16-20-43(56)53(62)69-47(37(4)30-41-22-24-44(57)48(31-41)65-10)33-45(58)36(3)29-39(6)50(60)54(8,67-12)49(59)38(5)28-34/h13-15,18-19,29,34,36-38,40-44,46-48,50,52,57,60,63H,16-17,20-28,30-33H2,1-12H3/b15-13+,18-14?,35-19+,39-29+/t34-,36-,37-,38-,40-,41+,42+,43?,44-,46+,47+,48-,50-,52?,54-,55-/m1/s1. The Hall–Kier alpha value is -2.96. The summed E-state index contributed by atoms with van der Waals surface area (Å²) in [6.07, 6.45) is 11.9. The lowest BCUT2D eigenvalue weighted by molar-refractivity contribution is -0.276. The molecule has 70 heavy (non-hydrogen) atoms. The molecular weight excluding hydrogens is 899 g/mol. The van der Waals surface area contributed by atoms with Gasteiger partial charge in [-0.1, -0.05) is 77.5 Å². The molecule has 15 heteroatoms. The zero-order valence-electron chi connectivity index (χ0n) is 44.4. The van der Waals surface area contributed by atoms with E-state index >= 15 is 0 Å². The number of allylic oxidation sites excluding steroid dienone is 6. The minimum Gasteiger partial charge on any atom is -0.460 e. The van der Waals surface area contributed by atoms with Crippen LogP contribution in [-0.4, -0.2) is 152 Å². The van der Waals surface area contributed by atoms with Crippen LogP contribution in [0.1, 0.15) is 132 Å². The molecule has 0 amide bonds. The topological polar surface area (TPSA) is 197 Å². The van der Waals surface area contributed by atoms with Gasteiger partial charge in [0.25, 0.3) is 0 Å². The van der Waals surface area contributed by atoms with Gasteiger partial charge in [0.1, 0.15) is 24.0 Å². The molecule has 4 aliphatic rings. The molecule has 2 saturated heterocycles. The number of fused-ring (bicyclic) bond motifs is 3. The molecule has 0 aromatic rings. The van der Waals surface area contributed by atoms with Crippen LogP contribution < -0.4 is 0 Å². The van der Waals surface area contributed by atoms with Gasteiger partial charge < -0.3 is 48.5 Å². The van der Waals surface area contributed by atoms with Crippen LogP contribution in [0.3, 0.4) is 0 Å². The molecule has 3 N–H and O–H groups in total. The van der Waals surface area contributed by atoms with E-state index in [9.17, 15) is 34.5 Å². The summed E-state index contributed by atoms with van der Waals surface area (Å²) in [5.41, 5.74) is -0.295. The summed E-state index contributed by atoms with van der Waals surface area (Å²) in [5, 5.41) is 34.7. The smallest absolute Gasteiger partial charge is 0.323 e. The molecule has 0 aromatic heterocycles. The molecule has 1 aliphatic carbocycles. The number of rotatable bonds is 10. The predicted octanol–water partition coefficient (Wildman–Crippen LogP) is 7.03. The third kappa shape index (κ3) is 15.5. The number of piperidine rings is 1. The number of hydrogen-bond acceptors (Lipinski definition) is 15. The van der Waals surface area contributed by atoms with Gasteiger partial charge in [0.05, 0.1) is 37.6 Å². The largest absolute Gasteiger partial charge is 0.460 e. The van der Waals surface area contributed by atoms with E-state index < -0.39 is 83.7 Å². The van der Waals surface area contributed by atoms with Crippen LogP contribution in [0.4, 0.5) is 0 Å². The van der Waals surface area contributed by atoms with Crippen LogP contribution in [0.5, 0.6) is 0 Å². The quantitative estimate of drug-likeness (QED) is 0.115. The van der Waals surface area contributed by atoms with Crippen molar-refractivity contribution in [2.45, 2.75) is 193 Å². The maximum absolute atomic E-state index is 14.8. The summed E-state index contributed by atoms with van der Waals surface area (Å²) >= 11 is 0. The van der Waals surface area contributed by atoms with Crippen molar-refractivity contribution in [2.24, 2.45) is 35.5 Å². The number of aliphatic hydroxyl groups is 3. The van der Waals surface area contributed by atoms with Gasteiger partial charge in [-0.25, -0.2) is 0 Å². The number of carbonyl (C=O) groups is 4. The second-order valence-corrected chi connectivity index (χ2v) is 21.2. The van der Waals surface area contributed by atoms with Crippen molar-refractivity contribution in [3.8, 4) is 0 Å². The molecule has 398 valence electrons.